The van der Waals surface area contributed by atoms with Gasteiger partial charge in [-0.15, -0.1) is 0 Å². The first-order chi connectivity index (χ1) is 14.1. The topological polar surface area (TPSA) is 63.2 Å². The van der Waals surface area contributed by atoms with Crippen molar-refractivity contribution in [3.05, 3.63) is 78.1 Å². The van der Waals surface area contributed by atoms with E-state index in [9.17, 15) is 4.79 Å². The zero-order chi connectivity index (χ0) is 20.6. The van der Waals surface area contributed by atoms with Crippen LogP contribution in [0.3, 0.4) is 0 Å². The maximum atomic E-state index is 12.7. The molecule has 3 rings (SSSR count). The van der Waals surface area contributed by atoms with E-state index in [1.54, 1.807) is 13.3 Å². The van der Waals surface area contributed by atoms with Crippen molar-refractivity contribution in [3.8, 4) is 11.1 Å². The monoisotopic (exact) mass is 389 g/mol. The molecule has 2 N–H and O–H groups in total. The number of rotatable bonds is 8. The Morgan fingerprint density at radius 2 is 1.83 bits per heavy atom. The van der Waals surface area contributed by atoms with Gasteiger partial charge >= 0.3 is 0 Å². The van der Waals surface area contributed by atoms with Crippen LogP contribution in [0.1, 0.15) is 24.1 Å². The minimum absolute atomic E-state index is 0.0356. The van der Waals surface area contributed by atoms with Gasteiger partial charge in [0.05, 0.1) is 12.5 Å². The quantitative estimate of drug-likeness (QED) is 0.540. The Balaban J connectivity index is 1.64. The van der Waals surface area contributed by atoms with Gasteiger partial charge in [0, 0.05) is 36.9 Å². The Morgan fingerprint density at radius 3 is 2.55 bits per heavy atom. The van der Waals surface area contributed by atoms with Crippen LogP contribution < -0.4 is 10.6 Å². The Kier molecular flexibility index (Phi) is 6.98. The zero-order valence-corrected chi connectivity index (χ0v) is 17.1. The highest BCUT2D eigenvalue weighted by molar-refractivity contribution is 5.95. The predicted molar refractivity (Wildman–Crippen MR) is 118 cm³/mol. The summed E-state index contributed by atoms with van der Waals surface area (Å²) in [6, 6.07) is 19.8. The number of nitrogens with one attached hydrogen (secondary N) is 2. The lowest BCUT2D eigenvalue weighted by Gasteiger charge is -2.15. The zero-order valence-electron chi connectivity index (χ0n) is 17.1. The number of benzene rings is 2. The number of ether oxygens (including phenoxy) is 1. The molecule has 3 aromatic rings. The summed E-state index contributed by atoms with van der Waals surface area (Å²) in [5.41, 5.74) is 5.92. The average molecular weight is 389 g/mol. The van der Waals surface area contributed by atoms with Gasteiger partial charge in [0.25, 0.3) is 0 Å². The summed E-state index contributed by atoms with van der Waals surface area (Å²) in [5.74, 6) is -0.298. The van der Waals surface area contributed by atoms with Gasteiger partial charge in [-0.2, -0.15) is 0 Å². The summed E-state index contributed by atoms with van der Waals surface area (Å²) in [6.07, 6.45) is 1.81. The first-order valence-electron chi connectivity index (χ1n) is 9.73. The number of carbonyl (C=O) groups excluding carboxylic acids is 1. The number of amides is 1. The maximum absolute atomic E-state index is 12.7. The van der Waals surface area contributed by atoms with Crippen LogP contribution in [0.2, 0.25) is 0 Å². The molecule has 0 saturated carbocycles. The van der Waals surface area contributed by atoms with E-state index in [-0.39, 0.29) is 11.8 Å². The first kappa shape index (κ1) is 20.6. The normalized spacial score (nSPS) is 11.7. The average Bonchev–Trinajstić information content (AvgIpc) is 2.74. The Morgan fingerprint density at radius 1 is 1.03 bits per heavy atom. The molecule has 1 unspecified atom stereocenters. The fraction of sp³-hybridized carbons (Fsp3) is 0.250. The Labute approximate surface area is 172 Å². The molecule has 5 nitrogen and oxygen atoms in total. The molecule has 1 amide bonds. The molecule has 0 aliphatic heterocycles. The van der Waals surface area contributed by atoms with Gasteiger partial charge < -0.3 is 15.4 Å². The van der Waals surface area contributed by atoms with Gasteiger partial charge in [-0.3, -0.25) is 9.78 Å². The van der Waals surface area contributed by atoms with Crippen LogP contribution in [0, 0.1) is 6.92 Å². The number of pyridine rings is 1. The number of anilines is 2. The molecule has 1 atom stereocenters. The van der Waals surface area contributed by atoms with Crippen molar-refractivity contribution < 1.29 is 9.53 Å². The van der Waals surface area contributed by atoms with Crippen LogP contribution >= 0.6 is 0 Å². The number of nitrogens with zero attached hydrogens (tertiary/aromatic N) is 1. The molecule has 0 aliphatic rings. The SMILES string of the molecule is COCCNc1cccc(C(C)C(=O)Nc2ccc(-c3ccnc(C)c3)cc2)c1. The number of carbonyl (C=O) groups is 1. The van der Waals surface area contributed by atoms with Crippen molar-refractivity contribution in [2.75, 3.05) is 30.9 Å². The van der Waals surface area contributed by atoms with Gasteiger partial charge in [0.15, 0.2) is 0 Å². The van der Waals surface area contributed by atoms with E-state index in [0.717, 1.165) is 40.3 Å². The van der Waals surface area contributed by atoms with E-state index >= 15 is 0 Å². The van der Waals surface area contributed by atoms with Crippen LogP contribution in [0.5, 0.6) is 0 Å². The van der Waals surface area contributed by atoms with Crippen molar-refractivity contribution in [3.63, 3.8) is 0 Å². The predicted octanol–water partition coefficient (Wildman–Crippen LogP) is 4.86. The highest BCUT2D eigenvalue weighted by Crippen LogP contribution is 2.24. The molecule has 0 fully saturated rings. The van der Waals surface area contributed by atoms with E-state index in [2.05, 4.69) is 15.6 Å². The van der Waals surface area contributed by atoms with E-state index in [1.165, 1.54) is 0 Å². The summed E-state index contributed by atoms with van der Waals surface area (Å²) in [5, 5.41) is 6.30. The molecule has 1 heterocycles. The van der Waals surface area contributed by atoms with Crippen LogP contribution in [-0.4, -0.2) is 31.2 Å². The number of aromatic nitrogens is 1. The molecule has 150 valence electrons. The van der Waals surface area contributed by atoms with Crippen LogP contribution in [0.4, 0.5) is 11.4 Å². The van der Waals surface area contributed by atoms with E-state index in [4.69, 9.17) is 4.74 Å². The maximum Gasteiger partial charge on any atom is 0.231 e. The lowest BCUT2D eigenvalue weighted by atomic mass is 9.99. The molecule has 2 aromatic carbocycles. The molecule has 0 spiro atoms. The van der Waals surface area contributed by atoms with Crippen LogP contribution in [0.25, 0.3) is 11.1 Å². The second-order valence-corrected chi connectivity index (χ2v) is 7.02. The summed E-state index contributed by atoms with van der Waals surface area (Å²) >= 11 is 0. The fourth-order valence-corrected chi connectivity index (χ4v) is 3.09. The summed E-state index contributed by atoms with van der Waals surface area (Å²) in [6.45, 7) is 5.25. The largest absolute Gasteiger partial charge is 0.383 e. The van der Waals surface area contributed by atoms with Crippen molar-refractivity contribution in [2.24, 2.45) is 0 Å². The summed E-state index contributed by atoms with van der Waals surface area (Å²) < 4.78 is 5.06. The van der Waals surface area contributed by atoms with Crippen molar-refractivity contribution in [1.29, 1.82) is 0 Å². The van der Waals surface area contributed by atoms with E-state index in [0.29, 0.717) is 6.61 Å². The van der Waals surface area contributed by atoms with Gasteiger partial charge in [-0.25, -0.2) is 0 Å². The van der Waals surface area contributed by atoms with Gasteiger partial charge in [-0.1, -0.05) is 24.3 Å². The fourth-order valence-electron chi connectivity index (χ4n) is 3.09. The van der Waals surface area contributed by atoms with Crippen molar-refractivity contribution in [2.45, 2.75) is 19.8 Å². The number of aryl methyl sites for hydroxylation is 1. The minimum atomic E-state index is -0.262. The van der Waals surface area contributed by atoms with Crippen molar-refractivity contribution >= 4 is 17.3 Å². The Bertz CT molecular complexity index is 954. The number of hydrogen-bond acceptors (Lipinski definition) is 4. The molecule has 5 heteroatoms. The first-order valence-corrected chi connectivity index (χ1v) is 9.73. The molecule has 0 bridgehead atoms. The van der Waals surface area contributed by atoms with Crippen LogP contribution in [0.15, 0.2) is 66.9 Å². The minimum Gasteiger partial charge on any atom is -0.383 e. The third-order valence-electron chi connectivity index (χ3n) is 4.80. The standard InChI is InChI=1S/C24H27N3O2/c1-17-15-21(11-12-25-17)19-7-9-22(10-8-19)27-24(28)18(2)20-5-4-6-23(16-20)26-13-14-29-3/h4-12,15-16,18,26H,13-14H2,1-3H3,(H,27,28). The van der Waals surface area contributed by atoms with E-state index < -0.39 is 0 Å². The molecule has 0 aliphatic carbocycles. The molecule has 1 aromatic heterocycles. The number of hydrogen-bond donors (Lipinski definition) is 2. The lowest BCUT2D eigenvalue weighted by molar-refractivity contribution is -0.117. The lowest BCUT2D eigenvalue weighted by Crippen LogP contribution is -2.19. The molecular formula is C24H27N3O2. The highest BCUT2D eigenvalue weighted by Gasteiger charge is 2.16. The summed E-state index contributed by atoms with van der Waals surface area (Å²) in [4.78, 5) is 17.0. The number of methoxy groups -OCH3 is 1. The summed E-state index contributed by atoms with van der Waals surface area (Å²) in [7, 11) is 1.68. The third kappa shape index (κ3) is 5.65. The second-order valence-electron chi connectivity index (χ2n) is 7.02. The third-order valence-corrected chi connectivity index (χ3v) is 4.80. The highest BCUT2D eigenvalue weighted by atomic mass is 16.5. The van der Waals surface area contributed by atoms with E-state index in [1.807, 2.05) is 74.5 Å². The van der Waals surface area contributed by atoms with Gasteiger partial charge in [-0.05, 0) is 66.9 Å². The van der Waals surface area contributed by atoms with Gasteiger partial charge in [0.2, 0.25) is 5.91 Å². The molecular weight excluding hydrogens is 362 g/mol. The Hall–Kier alpha value is -3.18. The molecule has 0 saturated heterocycles. The smallest absolute Gasteiger partial charge is 0.231 e. The molecule has 0 radical (unpaired) electrons. The van der Waals surface area contributed by atoms with Crippen molar-refractivity contribution in [1.82, 2.24) is 4.98 Å². The van der Waals surface area contributed by atoms with Crippen LogP contribution in [-0.2, 0) is 9.53 Å². The van der Waals surface area contributed by atoms with Gasteiger partial charge in [0.1, 0.15) is 0 Å². The second kappa shape index (κ2) is 9.85. The molecule has 29 heavy (non-hydrogen) atoms.